The lowest BCUT2D eigenvalue weighted by Gasteiger charge is -2.24. The minimum absolute atomic E-state index is 0.622. The SMILES string of the molecule is CCN(CC)CCN(C)c1ccc(N)c(Cl)c1. The lowest BCUT2D eigenvalue weighted by molar-refractivity contribution is 0.311. The van der Waals surface area contributed by atoms with Gasteiger partial charge in [0.25, 0.3) is 0 Å². The molecule has 0 aromatic heterocycles. The zero-order valence-corrected chi connectivity index (χ0v) is 11.7. The van der Waals surface area contributed by atoms with E-state index >= 15 is 0 Å². The number of hydrogen-bond donors (Lipinski definition) is 1. The van der Waals surface area contributed by atoms with Crippen LogP contribution in [0.1, 0.15) is 13.8 Å². The van der Waals surface area contributed by atoms with Crippen molar-refractivity contribution in [3.63, 3.8) is 0 Å². The van der Waals surface area contributed by atoms with Crippen LogP contribution in [-0.2, 0) is 0 Å². The summed E-state index contributed by atoms with van der Waals surface area (Å²) in [5.74, 6) is 0. The minimum Gasteiger partial charge on any atom is -0.398 e. The van der Waals surface area contributed by atoms with Gasteiger partial charge in [-0.3, -0.25) is 0 Å². The van der Waals surface area contributed by atoms with Gasteiger partial charge in [-0.25, -0.2) is 0 Å². The highest BCUT2D eigenvalue weighted by Gasteiger charge is 2.05. The molecule has 0 bridgehead atoms. The second-order valence-corrected chi connectivity index (χ2v) is 4.56. The minimum atomic E-state index is 0.622. The van der Waals surface area contributed by atoms with Crippen molar-refractivity contribution in [1.82, 2.24) is 4.90 Å². The van der Waals surface area contributed by atoms with Crippen LogP contribution in [0.15, 0.2) is 18.2 Å². The Kier molecular flexibility index (Phi) is 5.59. The summed E-state index contributed by atoms with van der Waals surface area (Å²) < 4.78 is 0. The van der Waals surface area contributed by atoms with Crippen molar-refractivity contribution in [3.8, 4) is 0 Å². The van der Waals surface area contributed by atoms with Gasteiger partial charge in [0, 0.05) is 25.8 Å². The molecule has 0 heterocycles. The van der Waals surface area contributed by atoms with Gasteiger partial charge in [-0.15, -0.1) is 0 Å². The monoisotopic (exact) mass is 255 g/mol. The molecule has 0 unspecified atom stereocenters. The molecular formula is C13H22ClN3. The number of benzene rings is 1. The first kappa shape index (κ1) is 14.1. The quantitative estimate of drug-likeness (QED) is 0.794. The van der Waals surface area contributed by atoms with Crippen molar-refractivity contribution in [2.45, 2.75) is 13.8 Å². The Hall–Kier alpha value is -0.930. The van der Waals surface area contributed by atoms with E-state index in [0.29, 0.717) is 10.7 Å². The van der Waals surface area contributed by atoms with Crippen molar-refractivity contribution in [2.75, 3.05) is 43.9 Å². The summed E-state index contributed by atoms with van der Waals surface area (Å²) in [5, 5.41) is 0.622. The largest absolute Gasteiger partial charge is 0.398 e. The lowest BCUT2D eigenvalue weighted by atomic mass is 10.2. The first-order chi connectivity index (χ1) is 8.08. The van der Waals surface area contributed by atoms with E-state index in [4.69, 9.17) is 17.3 Å². The molecule has 0 radical (unpaired) electrons. The molecule has 1 aromatic rings. The van der Waals surface area contributed by atoms with Gasteiger partial charge in [0.1, 0.15) is 0 Å². The predicted octanol–water partition coefficient (Wildman–Crippen LogP) is 2.70. The van der Waals surface area contributed by atoms with Gasteiger partial charge >= 0.3 is 0 Å². The molecule has 0 saturated carbocycles. The van der Waals surface area contributed by atoms with Crippen molar-refractivity contribution in [1.29, 1.82) is 0 Å². The summed E-state index contributed by atoms with van der Waals surface area (Å²) in [6.07, 6.45) is 0. The predicted molar refractivity (Wildman–Crippen MR) is 76.9 cm³/mol. The van der Waals surface area contributed by atoms with E-state index in [-0.39, 0.29) is 0 Å². The molecule has 96 valence electrons. The van der Waals surface area contributed by atoms with Crippen molar-refractivity contribution < 1.29 is 0 Å². The van der Waals surface area contributed by atoms with Crippen molar-refractivity contribution >= 4 is 23.0 Å². The van der Waals surface area contributed by atoms with Crippen LogP contribution in [0.5, 0.6) is 0 Å². The number of anilines is 2. The van der Waals surface area contributed by atoms with Gasteiger partial charge in [0.05, 0.1) is 10.7 Å². The maximum absolute atomic E-state index is 6.01. The average molecular weight is 256 g/mol. The Labute approximate surface area is 109 Å². The number of halogens is 1. The summed E-state index contributed by atoms with van der Waals surface area (Å²) in [7, 11) is 2.07. The average Bonchev–Trinajstić information content (AvgIpc) is 2.33. The smallest absolute Gasteiger partial charge is 0.0656 e. The number of nitrogens with zero attached hydrogens (tertiary/aromatic N) is 2. The van der Waals surface area contributed by atoms with Gasteiger partial charge in [-0.1, -0.05) is 25.4 Å². The molecule has 1 aromatic carbocycles. The van der Waals surface area contributed by atoms with Crippen LogP contribution in [0.4, 0.5) is 11.4 Å². The van der Waals surface area contributed by atoms with E-state index in [9.17, 15) is 0 Å². The summed E-state index contributed by atoms with van der Waals surface area (Å²) in [6, 6.07) is 5.77. The third-order valence-electron chi connectivity index (χ3n) is 3.07. The van der Waals surface area contributed by atoms with Crippen molar-refractivity contribution in [2.24, 2.45) is 0 Å². The highest BCUT2D eigenvalue weighted by atomic mass is 35.5. The van der Waals surface area contributed by atoms with Gasteiger partial charge in [-0.05, 0) is 31.3 Å². The number of nitrogens with two attached hydrogens (primary N) is 1. The molecule has 4 heteroatoms. The molecule has 2 N–H and O–H groups in total. The number of nitrogen functional groups attached to an aromatic ring is 1. The van der Waals surface area contributed by atoms with Crippen LogP contribution in [0.3, 0.4) is 0 Å². The normalized spacial score (nSPS) is 10.9. The van der Waals surface area contributed by atoms with Crippen LogP contribution < -0.4 is 10.6 Å². The molecule has 0 aliphatic heterocycles. The van der Waals surface area contributed by atoms with E-state index in [1.165, 1.54) is 0 Å². The Morgan fingerprint density at radius 3 is 2.35 bits per heavy atom. The Bertz CT molecular complexity index is 351. The Morgan fingerprint density at radius 1 is 1.18 bits per heavy atom. The van der Waals surface area contributed by atoms with E-state index in [0.717, 1.165) is 31.9 Å². The maximum atomic E-state index is 6.01. The van der Waals surface area contributed by atoms with Crippen LogP contribution in [-0.4, -0.2) is 38.1 Å². The highest BCUT2D eigenvalue weighted by molar-refractivity contribution is 6.33. The highest BCUT2D eigenvalue weighted by Crippen LogP contribution is 2.24. The molecule has 3 nitrogen and oxygen atoms in total. The maximum Gasteiger partial charge on any atom is 0.0656 e. The molecule has 0 atom stereocenters. The van der Waals surface area contributed by atoms with Gasteiger partial charge in [-0.2, -0.15) is 0 Å². The summed E-state index contributed by atoms with van der Waals surface area (Å²) in [5.41, 5.74) is 7.44. The summed E-state index contributed by atoms with van der Waals surface area (Å²) in [6.45, 7) is 8.60. The molecule has 1 rings (SSSR count). The van der Waals surface area contributed by atoms with Crippen LogP contribution in [0, 0.1) is 0 Å². The van der Waals surface area contributed by atoms with Gasteiger partial charge < -0.3 is 15.5 Å². The molecular weight excluding hydrogens is 234 g/mol. The van der Waals surface area contributed by atoms with Crippen LogP contribution >= 0.6 is 11.6 Å². The van der Waals surface area contributed by atoms with E-state index < -0.39 is 0 Å². The van der Waals surface area contributed by atoms with Gasteiger partial charge in [0.2, 0.25) is 0 Å². The fraction of sp³-hybridized carbons (Fsp3) is 0.538. The van der Waals surface area contributed by atoms with E-state index in [2.05, 4.69) is 30.7 Å². The fourth-order valence-electron chi connectivity index (χ4n) is 1.71. The van der Waals surface area contributed by atoms with Gasteiger partial charge in [0.15, 0.2) is 0 Å². The lowest BCUT2D eigenvalue weighted by Crippen LogP contribution is -2.33. The first-order valence-electron chi connectivity index (χ1n) is 6.07. The van der Waals surface area contributed by atoms with Crippen LogP contribution in [0.2, 0.25) is 5.02 Å². The topological polar surface area (TPSA) is 32.5 Å². The molecule has 0 spiro atoms. The molecule has 0 aliphatic carbocycles. The van der Waals surface area contributed by atoms with Crippen molar-refractivity contribution in [3.05, 3.63) is 23.2 Å². The van der Waals surface area contributed by atoms with E-state index in [1.54, 1.807) is 0 Å². The summed E-state index contributed by atoms with van der Waals surface area (Å²) >= 11 is 6.01. The Morgan fingerprint density at radius 2 is 1.82 bits per heavy atom. The third-order valence-corrected chi connectivity index (χ3v) is 3.40. The number of hydrogen-bond acceptors (Lipinski definition) is 3. The molecule has 17 heavy (non-hydrogen) atoms. The first-order valence-corrected chi connectivity index (χ1v) is 6.44. The zero-order chi connectivity index (χ0) is 12.8. The standard InChI is InChI=1S/C13H22ClN3/c1-4-17(5-2)9-8-16(3)11-6-7-13(15)12(14)10-11/h6-7,10H,4-5,8-9,15H2,1-3H3. The summed E-state index contributed by atoms with van der Waals surface area (Å²) in [4.78, 5) is 4.60. The molecule has 0 amide bonds. The molecule has 0 fully saturated rings. The fourth-order valence-corrected chi connectivity index (χ4v) is 1.89. The van der Waals surface area contributed by atoms with Crippen LogP contribution in [0.25, 0.3) is 0 Å². The van der Waals surface area contributed by atoms with E-state index in [1.807, 2.05) is 18.2 Å². The zero-order valence-electron chi connectivity index (χ0n) is 10.9. The second-order valence-electron chi connectivity index (χ2n) is 4.15. The Balaban J connectivity index is 2.57. The molecule has 0 saturated heterocycles. The third kappa shape index (κ3) is 4.10. The molecule has 0 aliphatic rings. The number of likely N-dealkylation sites (N-methyl/N-ethyl adjacent to an activating group) is 2. The second kappa shape index (κ2) is 6.72. The number of rotatable bonds is 6.